The number of primary amides is 1. The van der Waals surface area contributed by atoms with Crippen molar-refractivity contribution in [3.63, 3.8) is 0 Å². The lowest BCUT2D eigenvalue weighted by Crippen LogP contribution is -2.26. The molecule has 1 unspecified atom stereocenters. The zero-order chi connectivity index (χ0) is 11.1. The Balaban J connectivity index is 2.55. The highest BCUT2D eigenvalue weighted by molar-refractivity contribution is 8.00. The van der Waals surface area contributed by atoms with Crippen LogP contribution < -0.4 is 5.73 Å². The summed E-state index contributed by atoms with van der Waals surface area (Å²) in [6.45, 7) is 0.521. The van der Waals surface area contributed by atoms with Crippen LogP contribution in [0.2, 0.25) is 0 Å². The van der Waals surface area contributed by atoms with Gasteiger partial charge in [0.1, 0.15) is 0 Å². The third kappa shape index (κ3) is 4.31. The maximum atomic E-state index is 11.1. The van der Waals surface area contributed by atoms with Crippen LogP contribution in [0.15, 0.2) is 29.4 Å². The summed E-state index contributed by atoms with van der Waals surface area (Å²) in [6, 6.07) is 5.57. The fourth-order valence-electron chi connectivity index (χ4n) is 1.05. The second-order valence-electron chi connectivity index (χ2n) is 2.96. The molecule has 1 aromatic heterocycles. The minimum absolute atomic E-state index is 0.278. The summed E-state index contributed by atoms with van der Waals surface area (Å²) in [5.41, 5.74) is 5.28. The summed E-state index contributed by atoms with van der Waals surface area (Å²) in [5, 5.41) is 0.525. The smallest absolute Gasteiger partial charge is 0.231 e. The topological polar surface area (TPSA) is 65.2 Å². The lowest BCUT2D eigenvalue weighted by atomic mass is 10.3. The minimum Gasteiger partial charge on any atom is -0.385 e. The monoisotopic (exact) mass is 226 g/mol. The van der Waals surface area contributed by atoms with E-state index in [1.165, 1.54) is 11.8 Å². The van der Waals surface area contributed by atoms with E-state index >= 15 is 0 Å². The summed E-state index contributed by atoms with van der Waals surface area (Å²) in [6.07, 6.45) is 2.30. The van der Waals surface area contributed by atoms with Gasteiger partial charge in [0.05, 0.1) is 10.3 Å². The molecule has 1 aromatic rings. The number of aromatic nitrogens is 1. The molecule has 1 heterocycles. The van der Waals surface area contributed by atoms with Gasteiger partial charge in [-0.05, 0) is 18.6 Å². The molecule has 1 atom stereocenters. The average Bonchev–Trinajstić information content (AvgIpc) is 2.25. The van der Waals surface area contributed by atoms with Crippen LogP contribution in [0.5, 0.6) is 0 Å². The van der Waals surface area contributed by atoms with Gasteiger partial charge in [-0.3, -0.25) is 4.79 Å². The van der Waals surface area contributed by atoms with Crippen molar-refractivity contribution < 1.29 is 9.53 Å². The quantitative estimate of drug-likeness (QED) is 0.737. The fraction of sp³-hybridized carbons (Fsp3) is 0.400. The van der Waals surface area contributed by atoms with Crippen molar-refractivity contribution in [1.29, 1.82) is 0 Å². The molecule has 82 valence electrons. The van der Waals surface area contributed by atoms with Crippen LogP contribution >= 0.6 is 11.8 Å². The van der Waals surface area contributed by atoms with E-state index in [1.807, 2.05) is 18.2 Å². The van der Waals surface area contributed by atoms with E-state index < -0.39 is 0 Å². The Morgan fingerprint density at radius 1 is 1.67 bits per heavy atom. The number of rotatable bonds is 6. The summed E-state index contributed by atoms with van der Waals surface area (Å²) in [7, 11) is 1.60. The molecule has 1 amide bonds. The fourth-order valence-corrected chi connectivity index (χ4v) is 1.95. The number of ether oxygens (including phenoxy) is 1. The largest absolute Gasteiger partial charge is 0.385 e. The van der Waals surface area contributed by atoms with E-state index in [0.717, 1.165) is 5.03 Å². The highest BCUT2D eigenvalue weighted by atomic mass is 32.2. The zero-order valence-electron chi connectivity index (χ0n) is 8.55. The van der Waals surface area contributed by atoms with Crippen molar-refractivity contribution in [1.82, 2.24) is 4.98 Å². The molecule has 4 nitrogen and oxygen atoms in total. The predicted octanol–water partition coefficient (Wildman–Crippen LogP) is 1.06. The lowest BCUT2D eigenvalue weighted by Gasteiger charge is -2.11. The van der Waals surface area contributed by atoms with Crippen molar-refractivity contribution in [2.45, 2.75) is 16.7 Å². The van der Waals surface area contributed by atoms with Crippen molar-refractivity contribution in [3.05, 3.63) is 24.4 Å². The summed E-state index contributed by atoms with van der Waals surface area (Å²) in [5.74, 6) is -0.331. The van der Waals surface area contributed by atoms with E-state index in [9.17, 15) is 4.79 Å². The molecule has 0 saturated heterocycles. The first-order valence-electron chi connectivity index (χ1n) is 4.60. The summed E-state index contributed by atoms with van der Waals surface area (Å²) >= 11 is 1.37. The van der Waals surface area contributed by atoms with Crippen LogP contribution in [0, 0.1) is 0 Å². The normalized spacial score (nSPS) is 12.3. The number of methoxy groups -OCH3 is 1. The Kier molecular flexibility index (Phi) is 5.14. The van der Waals surface area contributed by atoms with Crippen molar-refractivity contribution in [2.24, 2.45) is 5.73 Å². The first-order chi connectivity index (χ1) is 7.24. The standard InChI is InChI=1S/C10H14N2O2S/c1-14-7-5-8(10(11)13)15-9-4-2-3-6-12-9/h2-4,6,8H,5,7H2,1H3,(H2,11,13). The predicted molar refractivity (Wildman–Crippen MR) is 59.6 cm³/mol. The van der Waals surface area contributed by atoms with E-state index in [0.29, 0.717) is 13.0 Å². The van der Waals surface area contributed by atoms with Gasteiger partial charge in [-0.2, -0.15) is 0 Å². The number of nitrogens with two attached hydrogens (primary N) is 1. The van der Waals surface area contributed by atoms with Gasteiger partial charge in [0.15, 0.2) is 0 Å². The van der Waals surface area contributed by atoms with Gasteiger partial charge < -0.3 is 10.5 Å². The Morgan fingerprint density at radius 2 is 2.47 bits per heavy atom. The molecule has 15 heavy (non-hydrogen) atoms. The SMILES string of the molecule is COCCC(Sc1ccccn1)C(N)=O. The van der Waals surface area contributed by atoms with Crippen LogP contribution in [0.25, 0.3) is 0 Å². The van der Waals surface area contributed by atoms with Gasteiger partial charge in [0, 0.05) is 19.9 Å². The number of amides is 1. The van der Waals surface area contributed by atoms with Gasteiger partial charge in [-0.15, -0.1) is 0 Å². The second kappa shape index (κ2) is 6.42. The third-order valence-electron chi connectivity index (χ3n) is 1.80. The maximum Gasteiger partial charge on any atom is 0.231 e. The van der Waals surface area contributed by atoms with Gasteiger partial charge >= 0.3 is 0 Å². The number of pyridine rings is 1. The van der Waals surface area contributed by atoms with E-state index in [4.69, 9.17) is 10.5 Å². The van der Waals surface area contributed by atoms with E-state index in [1.54, 1.807) is 13.3 Å². The molecule has 0 bridgehead atoms. The number of hydrogen-bond donors (Lipinski definition) is 1. The number of thioether (sulfide) groups is 1. The summed E-state index contributed by atoms with van der Waals surface area (Å²) < 4.78 is 4.92. The Labute approximate surface area is 93.2 Å². The Morgan fingerprint density at radius 3 is 3.00 bits per heavy atom. The molecule has 0 spiro atoms. The summed E-state index contributed by atoms with van der Waals surface area (Å²) in [4.78, 5) is 15.3. The van der Waals surface area contributed by atoms with Gasteiger partial charge in [-0.25, -0.2) is 4.98 Å². The van der Waals surface area contributed by atoms with Crippen LogP contribution in [0.1, 0.15) is 6.42 Å². The van der Waals surface area contributed by atoms with Gasteiger partial charge in [0.25, 0.3) is 0 Å². The average molecular weight is 226 g/mol. The molecule has 0 aliphatic heterocycles. The minimum atomic E-state index is -0.331. The molecule has 0 aliphatic carbocycles. The highest BCUT2D eigenvalue weighted by Crippen LogP contribution is 2.22. The zero-order valence-corrected chi connectivity index (χ0v) is 9.37. The molecule has 0 aliphatic rings. The van der Waals surface area contributed by atoms with E-state index in [2.05, 4.69) is 4.98 Å². The van der Waals surface area contributed by atoms with Gasteiger partial charge in [-0.1, -0.05) is 17.8 Å². The first kappa shape index (κ1) is 12.0. The third-order valence-corrected chi connectivity index (χ3v) is 3.04. The number of carbonyl (C=O) groups is 1. The first-order valence-corrected chi connectivity index (χ1v) is 5.48. The number of carbonyl (C=O) groups excluding carboxylic acids is 1. The lowest BCUT2D eigenvalue weighted by molar-refractivity contribution is -0.117. The van der Waals surface area contributed by atoms with Crippen molar-refractivity contribution in [2.75, 3.05) is 13.7 Å². The van der Waals surface area contributed by atoms with Crippen molar-refractivity contribution in [3.8, 4) is 0 Å². The molecular weight excluding hydrogens is 212 g/mol. The Hall–Kier alpha value is -1.07. The van der Waals surface area contributed by atoms with Crippen LogP contribution in [0.4, 0.5) is 0 Å². The van der Waals surface area contributed by atoms with Gasteiger partial charge in [0.2, 0.25) is 5.91 Å². The van der Waals surface area contributed by atoms with Crippen LogP contribution in [-0.2, 0) is 9.53 Å². The molecule has 0 aromatic carbocycles. The van der Waals surface area contributed by atoms with Crippen molar-refractivity contribution >= 4 is 17.7 Å². The number of hydrogen-bond acceptors (Lipinski definition) is 4. The molecule has 5 heteroatoms. The second-order valence-corrected chi connectivity index (χ2v) is 4.18. The molecule has 2 N–H and O–H groups in total. The molecule has 0 saturated carbocycles. The maximum absolute atomic E-state index is 11.1. The highest BCUT2D eigenvalue weighted by Gasteiger charge is 2.16. The molecule has 1 rings (SSSR count). The molecule has 0 fully saturated rings. The van der Waals surface area contributed by atoms with E-state index in [-0.39, 0.29) is 11.2 Å². The molecule has 0 radical (unpaired) electrons. The van der Waals surface area contributed by atoms with Crippen LogP contribution in [0.3, 0.4) is 0 Å². The molecular formula is C10H14N2O2S. The Bertz CT molecular complexity index is 306. The van der Waals surface area contributed by atoms with Crippen LogP contribution in [-0.4, -0.2) is 29.9 Å². The number of nitrogens with zero attached hydrogens (tertiary/aromatic N) is 1.